The van der Waals surface area contributed by atoms with Crippen LogP contribution in [0.4, 0.5) is 13.2 Å². The topological polar surface area (TPSA) is 64.7 Å². The molecule has 0 saturated carbocycles. The third kappa shape index (κ3) is 5.23. The van der Waals surface area contributed by atoms with Gasteiger partial charge in [-0.1, -0.05) is 48.5 Å². The van der Waals surface area contributed by atoms with Gasteiger partial charge in [-0.05, 0) is 34.4 Å². The molecule has 0 aliphatic heterocycles. The molecule has 0 spiro atoms. The van der Waals surface area contributed by atoms with Crippen molar-refractivity contribution in [1.29, 1.82) is 0 Å². The molecule has 164 valence electrons. The summed E-state index contributed by atoms with van der Waals surface area (Å²) in [5, 5.41) is 10.4. The van der Waals surface area contributed by atoms with Crippen LogP contribution in [-0.2, 0) is 30.6 Å². The Labute approximate surface area is 182 Å². The number of halogens is 3. The predicted octanol–water partition coefficient (Wildman–Crippen LogP) is 4.13. The zero-order valence-electron chi connectivity index (χ0n) is 17.0. The Morgan fingerprint density at radius 3 is 2.41 bits per heavy atom. The van der Waals surface area contributed by atoms with Gasteiger partial charge in [-0.3, -0.25) is 14.2 Å². The van der Waals surface area contributed by atoms with Crippen molar-refractivity contribution in [2.75, 3.05) is 0 Å². The molecule has 4 rings (SSSR count). The molecule has 2 aromatic carbocycles. The van der Waals surface area contributed by atoms with Gasteiger partial charge in [-0.25, -0.2) is 0 Å². The highest BCUT2D eigenvalue weighted by Crippen LogP contribution is 2.27. The maximum atomic E-state index is 12.7. The molecule has 0 radical (unpaired) electrons. The van der Waals surface area contributed by atoms with E-state index in [1.165, 1.54) is 0 Å². The molecule has 0 atom stereocenters. The molecule has 0 aliphatic rings. The highest BCUT2D eigenvalue weighted by molar-refractivity contribution is 5.76. The summed E-state index contributed by atoms with van der Waals surface area (Å²) in [4.78, 5) is 12.2. The van der Waals surface area contributed by atoms with Crippen LogP contribution in [0.2, 0.25) is 0 Å². The van der Waals surface area contributed by atoms with Crippen LogP contribution in [0.3, 0.4) is 0 Å². The first-order chi connectivity index (χ1) is 15.4. The van der Waals surface area contributed by atoms with Crippen molar-refractivity contribution in [2.45, 2.75) is 25.8 Å². The Morgan fingerprint density at radius 2 is 1.72 bits per heavy atom. The molecule has 0 aliphatic carbocycles. The lowest BCUT2D eigenvalue weighted by Gasteiger charge is -2.12. The van der Waals surface area contributed by atoms with Gasteiger partial charge in [0.25, 0.3) is 0 Å². The summed E-state index contributed by atoms with van der Waals surface area (Å²) < 4.78 is 40.8. The van der Waals surface area contributed by atoms with Gasteiger partial charge in [0.2, 0.25) is 5.91 Å². The van der Waals surface area contributed by atoms with E-state index in [4.69, 9.17) is 0 Å². The molecule has 2 aromatic heterocycles. The largest absolute Gasteiger partial charge is 0.435 e. The summed E-state index contributed by atoms with van der Waals surface area (Å²) in [6, 6.07) is 18.5. The lowest BCUT2D eigenvalue weighted by Crippen LogP contribution is -2.27. The number of nitrogens with zero attached hydrogens (tertiary/aromatic N) is 4. The number of amides is 1. The van der Waals surface area contributed by atoms with Crippen LogP contribution in [0.5, 0.6) is 0 Å². The van der Waals surface area contributed by atoms with Crippen LogP contribution in [0.15, 0.2) is 79.3 Å². The van der Waals surface area contributed by atoms with Gasteiger partial charge in [0.1, 0.15) is 6.54 Å². The lowest BCUT2D eigenvalue weighted by molar-refractivity contribution is -0.141. The molecular weight excluding hydrogens is 419 g/mol. The monoisotopic (exact) mass is 439 g/mol. The van der Waals surface area contributed by atoms with Crippen LogP contribution < -0.4 is 5.32 Å². The van der Waals surface area contributed by atoms with Crippen molar-refractivity contribution in [3.63, 3.8) is 0 Å². The molecule has 0 fully saturated rings. The fourth-order valence-electron chi connectivity index (χ4n) is 3.32. The van der Waals surface area contributed by atoms with E-state index < -0.39 is 17.8 Å². The summed E-state index contributed by atoms with van der Waals surface area (Å²) >= 11 is 0. The van der Waals surface area contributed by atoms with Crippen LogP contribution in [0, 0.1) is 0 Å². The Balaban J connectivity index is 1.40. The van der Waals surface area contributed by atoms with Gasteiger partial charge in [0, 0.05) is 25.1 Å². The average Bonchev–Trinajstić information content (AvgIpc) is 3.45. The maximum Gasteiger partial charge on any atom is 0.435 e. The minimum Gasteiger partial charge on any atom is -0.350 e. The minimum absolute atomic E-state index is 0.247. The number of benzene rings is 2. The van der Waals surface area contributed by atoms with Crippen LogP contribution in [0.25, 0.3) is 11.1 Å². The molecule has 2 heterocycles. The van der Waals surface area contributed by atoms with Crippen molar-refractivity contribution < 1.29 is 18.0 Å². The van der Waals surface area contributed by atoms with Gasteiger partial charge in [0.15, 0.2) is 5.69 Å². The smallest absolute Gasteiger partial charge is 0.350 e. The van der Waals surface area contributed by atoms with Crippen LogP contribution >= 0.6 is 0 Å². The molecule has 0 saturated heterocycles. The summed E-state index contributed by atoms with van der Waals surface area (Å²) in [7, 11) is 0. The van der Waals surface area contributed by atoms with E-state index in [0.29, 0.717) is 6.54 Å². The summed E-state index contributed by atoms with van der Waals surface area (Å²) in [5.41, 5.74) is 2.96. The number of hydrogen-bond donors (Lipinski definition) is 1. The van der Waals surface area contributed by atoms with Crippen LogP contribution in [-0.4, -0.2) is 25.5 Å². The molecule has 1 N–H and O–H groups in total. The zero-order valence-corrected chi connectivity index (χ0v) is 17.0. The van der Waals surface area contributed by atoms with Crippen molar-refractivity contribution in [3.05, 3.63) is 96.1 Å². The van der Waals surface area contributed by atoms with Gasteiger partial charge < -0.3 is 5.32 Å². The number of carbonyl (C=O) groups is 1. The van der Waals surface area contributed by atoms with E-state index in [1.807, 2.05) is 65.5 Å². The highest BCUT2D eigenvalue weighted by atomic mass is 19.4. The molecule has 6 nitrogen and oxygen atoms in total. The van der Waals surface area contributed by atoms with E-state index in [2.05, 4.69) is 15.5 Å². The second-order valence-electron chi connectivity index (χ2n) is 7.23. The van der Waals surface area contributed by atoms with Crippen molar-refractivity contribution in [2.24, 2.45) is 0 Å². The molecule has 32 heavy (non-hydrogen) atoms. The van der Waals surface area contributed by atoms with E-state index >= 15 is 0 Å². The summed E-state index contributed by atoms with van der Waals surface area (Å²) in [6.07, 6.45) is 0.245. The van der Waals surface area contributed by atoms with Gasteiger partial charge in [-0.15, -0.1) is 0 Å². The first kappa shape index (κ1) is 21.4. The molecule has 0 bridgehead atoms. The van der Waals surface area contributed by atoms with Crippen molar-refractivity contribution in [1.82, 2.24) is 24.9 Å². The molecule has 1 amide bonds. The molecular formula is C23H20F3N5O. The second kappa shape index (κ2) is 9.09. The normalized spacial score (nSPS) is 11.5. The SMILES string of the molecule is O=C(Cn1ccc(C(F)(F)F)n1)NCc1ccccc1-c1ccc(Cn2cccn2)cc1. The standard InChI is InChI=1S/C23H20F3N5O/c24-23(25,26)21-10-13-31(29-21)16-22(32)27-14-19-4-1-2-5-20(19)18-8-6-17(7-9-18)15-30-12-3-11-28-30/h1-13H,14-16H2,(H,27,32). The number of alkyl halides is 3. The molecule has 0 unspecified atom stereocenters. The van der Waals surface area contributed by atoms with Crippen molar-refractivity contribution >= 4 is 5.91 Å². The third-order valence-corrected chi connectivity index (χ3v) is 4.90. The van der Waals surface area contributed by atoms with Crippen molar-refractivity contribution in [3.8, 4) is 11.1 Å². The van der Waals surface area contributed by atoms with Gasteiger partial charge in [0.05, 0.1) is 6.54 Å². The highest BCUT2D eigenvalue weighted by Gasteiger charge is 2.33. The Hall–Kier alpha value is -3.88. The number of aromatic nitrogens is 4. The van der Waals surface area contributed by atoms with Gasteiger partial charge in [-0.2, -0.15) is 23.4 Å². The fourth-order valence-corrected chi connectivity index (χ4v) is 3.32. The Bertz CT molecular complexity index is 1180. The van der Waals surface area contributed by atoms with E-state index in [1.54, 1.807) is 6.20 Å². The third-order valence-electron chi connectivity index (χ3n) is 4.90. The summed E-state index contributed by atoms with van der Waals surface area (Å²) in [5.74, 6) is -0.425. The van der Waals surface area contributed by atoms with E-state index in [0.717, 1.165) is 39.2 Å². The first-order valence-corrected chi connectivity index (χ1v) is 9.90. The maximum absolute atomic E-state index is 12.7. The lowest BCUT2D eigenvalue weighted by atomic mass is 9.98. The van der Waals surface area contributed by atoms with E-state index in [9.17, 15) is 18.0 Å². The quantitative estimate of drug-likeness (QED) is 0.471. The van der Waals surface area contributed by atoms with E-state index in [-0.39, 0.29) is 13.1 Å². The predicted molar refractivity (Wildman–Crippen MR) is 112 cm³/mol. The number of nitrogens with one attached hydrogen (secondary N) is 1. The number of hydrogen-bond acceptors (Lipinski definition) is 3. The minimum atomic E-state index is -4.53. The van der Waals surface area contributed by atoms with Gasteiger partial charge >= 0.3 is 6.18 Å². The average molecular weight is 439 g/mol. The molecule has 9 heteroatoms. The Kier molecular flexibility index (Phi) is 6.07. The number of rotatable bonds is 7. The zero-order chi connectivity index (χ0) is 22.6. The van der Waals surface area contributed by atoms with Crippen LogP contribution in [0.1, 0.15) is 16.8 Å². The molecule has 4 aromatic rings. The number of carbonyl (C=O) groups excluding carboxylic acids is 1. The summed E-state index contributed by atoms with van der Waals surface area (Å²) in [6.45, 7) is 0.631. The second-order valence-corrected chi connectivity index (χ2v) is 7.23. The fraction of sp³-hybridized carbons (Fsp3) is 0.174. The Morgan fingerprint density at radius 1 is 0.938 bits per heavy atom. The first-order valence-electron chi connectivity index (χ1n) is 9.90.